The van der Waals surface area contributed by atoms with Crippen molar-refractivity contribution in [1.82, 2.24) is 10.1 Å². The van der Waals surface area contributed by atoms with Crippen molar-refractivity contribution in [2.75, 3.05) is 11.9 Å². The Hall–Kier alpha value is -1.66. The minimum Gasteiger partial charge on any atom is -0.389 e. The zero-order valence-corrected chi connectivity index (χ0v) is 11.9. The molecule has 1 heterocycles. The number of benzene rings is 1. The molecule has 1 aromatic heterocycles. The Morgan fingerprint density at radius 3 is 2.95 bits per heavy atom. The van der Waals surface area contributed by atoms with E-state index in [0.29, 0.717) is 34.7 Å². The third kappa shape index (κ3) is 3.65. The second-order valence-electron chi connectivity index (χ2n) is 3.97. The number of halogens is 1. The molecular weight excluding hydrogens is 284 g/mol. The number of thiocarbonyl (C=S) groups is 1. The van der Waals surface area contributed by atoms with Crippen LogP contribution in [0.4, 0.5) is 5.69 Å². The highest BCUT2D eigenvalue weighted by Crippen LogP contribution is 2.20. The summed E-state index contributed by atoms with van der Waals surface area (Å²) in [4.78, 5) is 4.43. The summed E-state index contributed by atoms with van der Waals surface area (Å²) in [6.07, 6.45) is 0.625. The fraction of sp³-hybridized carbons (Fsp3) is 0.250. The first kappa shape index (κ1) is 13.8. The maximum Gasteiger partial charge on any atom is 0.228 e. The lowest BCUT2D eigenvalue weighted by Crippen LogP contribution is -2.14. The van der Waals surface area contributed by atoms with Crippen molar-refractivity contribution in [3.05, 3.63) is 40.5 Å². The van der Waals surface area contributed by atoms with Crippen molar-refractivity contribution in [3.8, 4) is 0 Å². The van der Waals surface area contributed by atoms with Crippen LogP contribution in [0.3, 0.4) is 0 Å². The molecule has 5 nitrogen and oxygen atoms in total. The van der Waals surface area contributed by atoms with Crippen LogP contribution in [0.2, 0.25) is 5.02 Å². The van der Waals surface area contributed by atoms with E-state index in [1.807, 2.05) is 6.07 Å². The normalized spacial score (nSPS) is 10.4. The van der Waals surface area contributed by atoms with Gasteiger partial charge in [-0.1, -0.05) is 29.0 Å². The lowest BCUT2D eigenvalue weighted by atomic mass is 10.1. The van der Waals surface area contributed by atoms with Crippen molar-refractivity contribution in [1.29, 1.82) is 0 Å². The number of hydrogen-bond acceptors (Lipinski definition) is 5. The van der Waals surface area contributed by atoms with E-state index in [9.17, 15) is 0 Å². The topological polar surface area (TPSA) is 77.0 Å². The van der Waals surface area contributed by atoms with Crippen LogP contribution in [0.15, 0.2) is 22.7 Å². The monoisotopic (exact) mass is 296 g/mol. The molecule has 19 heavy (non-hydrogen) atoms. The van der Waals surface area contributed by atoms with E-state index in [1.165, 1.54) is 0 Å². The predicted molar refractivity (Wildman–Crippen MR) is 78.6 cm³/mol. The minimum absolute atomic E-state index is 0.304. The highest BCUT2D eigenvalue weighted by molar-refractivity contribution is 7.80. The van der Waals surface area contributed by atoms with Gasteiger partial charge < -0.3 is 15.6 Å². The largest absolute Gasteiger partial charge is 0.389 e. The summed E-state index contributed by atoms with van der Waals surface area (Å²) in [5.74, 6) is 1.22. The summed E-state index contributed by atoms with van der Waals surface area (Å²) in [6.45, 7) is 2.42. The quantitative estimate of drug-likeness (QED) is 0.825. The van der Waals surface area contributed by atoms with Crippen LogP contribution < -0.4 is 11.1 Å². The lowest BCUT2D eigenvalue weighted by Gasteiger charge is -2.10. The zero-order chi connectivity index (χ0) is 13.8. The Morgan fingerprint density at radius 2 is 2.32 bits per heavy atom. The van der Waals surface area contributed by atoms with E-state index in [1.54, 1.807) is 19.1 Å². The maximum absolute atomic E-state index is 5.92. The molecule has 2 aromatic rings. The third-order valence-corrected chi connectivity index (χ3v) is 2.93. The molecule has 1 aromatic carbocycles. The van der Waals surface area contributed by atoms with Gasteiger partial charge in [0.2, 0.25) is 5.89 Å². The smallest absolute Gasteiger partial charge is 0.228 e. The van der Waals surface area contributed by atoms with Gasteiger partial charge in [-0.15, -0.1) is 0 Å². The van der Waals surface area contributed by atoms with E-state index in [2.05, 4.69) is 15.5 Å². The van der Waals surface area contributed by atoms with E-state index in [-0.39, 0.29) is 0 Å². The number of aryl methyl sites for hydroxylation is 1. The number of nitrogens with one attached hydrogen (secondary N) is 1. The van der Waals surface area contributed by atoms with E-state index >= 15 is 0 Å². The first-order chi connectivity index (χ1) is 9.06. The summed E-state index contributed by atoms with van der Waals surface area (Å²) in [6, 6.07) is 5.36. The van der Waals surface area contributed by atoms with Crippen LogP contribution in [0, 0.1) is 6.92 Å². The molecule has 0 amide bonds. The van der Waals surface area contributed by atoms with Crippen LogP contribution in [0.1, 0.15) is 17.3 Å². The Bertz CT molecular complexity index is 599. The summed E-state index contributed by atoms with van der Waals surface area (Å²) >= 11 is 10.9. The van der Waals surface area contributed by atoms with E-state index in [0.717, 1.165) is 11.3 Å². The van der Waals surface area contributed by atoms with E-state index in [4.69, 9.17) is 34.1 Å². The molecule has 0 atom stereocenters. The first-order valence-corrected chi connectivity index (χ1v) is 6.47. The van der Waals surface area contributed by atoms with Gasteiger partial charge in [0.1, 0.15) is 4.99 Å². The SMILES string of the molecule is Cc1noc(CCNc2ccc(Cl)cc2C(N)=S)n1. The van der Waals surface area contributed by atoms with Crippen LogP contribution in [-0.4, -0.2) is 21.7 Å². The van der Waals surface area contributed by atoms with Gasteiger partial charge in [0.05, 0.1) is 0 Å². The molecule has 0 aliphatic rings. The highest BCUT2D eigenvalue weighted by Gasteiger charge is 2.07. The number of aromatic nitrogens is 2. The van der Waals surface area contributed by atoms with Crippen molar-refractivity contribution in [2.24, 2.45) is 5.73 Å². The summed E-state index contributed by atoms with van der Waals surface area (Å²) in [5.41, 5.74) is 7.23. The van der Waals surface area contributed by atoms with Gasteiger partial charge in [-0.3, -0.25) is 0 Å². The molecule has 0 spiro atoms. The summed E-state index contributed by atoms with van der Waals surface area (Å²) in [7, 11) is 0. The number of rotatable bonds is 5. The molecule has 3 N–H and O–H groups in total. The molecule has 0 unspecified atom stereocenters. The molecule has 0 bridgehead atoms. The van der Waals surface area contributed by atoms with E-state index < -0.39 is 0 Å². The Balaban J connectivity index is 2.01. The Labute approximate surface area is 121 Å². The summed E-state index contributed by atoms with van der Waals surface area (Å²) < 4.78 is 5.03. The minimum atomic E-state index is 0.304. The molecule has 2 rings (SSSR count). The molecule has 0 saturated heterocycles. The average Bonchev–Trinajstić information content (AvgIpc) is 2.77. The summed E-state index contributed by atoms with van der Waals surface area (Å²) in [5, 5.41) is 7.55. The average molecular weight is 297 g/mol. The first-order valence-electron chi connectivity index (χ1n) is 5.68. The van der Waals surface area contributed by atoms with Crippen LogP contribution >= 0.6 is 23.8 Å². The van der Waals surface area contributed by atoms with Gasteiger partial charge in [-0.2, -0.15) is 4.98 Å². The molecule has 7 heteroatoms. The van der Waals surface area contributed by atoms with Crippen molar-refractivity contribution in [3.63, 3.8) is 0 Å². The zero-order valence-electron chi connectivity index (χ0n) is 10.3. The van der Waals surface area contributed by atoms with Crippen molar-refractivity contribution >= 4 is 34.5 Å². The molecule has 0 radical (unpaired) electrons. The molecular formula is C12H13ClN4OS. The van der Waals surface area contributed by atoms with Crippen molar-refractivity contribution < 1.29 is 4.52 Å². The molecule has 0 aliphatic heterocycles. The van der Waals surface area contributed by atoms with Crippen LogP contribution in [0.5, 0.6) is 0 Å². The number of anilines is 1. The maximum atomic E-state index is 5.92. The molecule has 0 fully saturated rings. The standard InChI is InChI=1S/C12H13ClN4OS/c1-7-16-11(18-17-7)4-5-15-10-3-2-8(13)6-9(10)12(14)19/h2-3,6,15H,4-5H2,1H3,(H2,14,19). The highest BCUT2D eigenvalue weighted by atomic mass is 35.5. The van der Waals surface area contributed by atoms with Gasteiger partial charge >= 0.3 is 0 Å². The number of hydrogen-bond donors (Lipinski definition) is 2. The third-order valence-electron chi connectivity index (χ3n) is 2.47. The molecule has 100 valence electrons. The predicted octanol–water partition coefficient (Wildman–Crippen LogP) is 2.32. The lowest BCUT2D eigenvalue weighted by molar-refractivity contribution is 0.377. The van der Waals surface area contributed by atoms with Crippen LogP contribution in [0.25, 0.3) is 0 Å². The fourth-order valence-corrected chi connectivity index (χ4v) is 1.96. The Kier molecular flexibility index (Phi) is 4.34. The molecule has 0 aliphatic carbocycles. The fourth-order valence-electron chi connectivity index (χ4n) is 1.62. The van der Waals surface area contributed by atoms with Gasteiger partial charge in [-0.25, -0.2) is 0 Å². The Morgan fingerprint density at radius 1 is 1.53 bits per heavy atom. The second kappa shape index (κ2) is 5.99. The van der Waals surface area contributed by atoms with Gasteiger partial charge in [0, 0.05) is 29.2 Å². The molecule has 0 saturated carbocycles. The van der Waals surface area contributed by atoms with Gasteiger partial charge in [0.15, 0.2) is 5.82 Å². The van der Waals surface area contributed by atoms with Crippen LogP contribution in [-0.2, 0) is 6.42 Å². The van der Waals surface area contributed by atoms with Gasteiger partial charge in [-0.05, 0) is 25.1 Å². The number of nitrogens with zero attached hydrogens (tertiary/aromatic N) is 2. The number of nitrogens with two attached hydrogens (primary N) is 1. The van der Waals surface area contributed by atoms with Crippen molar-refractivity contribution in [2.45, 2.75) is 13.3 Å². The second-order valence-corrected chi connectivity index (χ2v) is 4.84. The van der Waals surface area contributed by atoms with Gasteiger partial charge in [0.25, 0.3) is 0 Å².